The van der Waals surface area contributed by atoms with Gasteiger partial charge in [0.15, 0.2) is 5.69 Å². The summed E-state index contributed by atoms with van der Waals surface area (Å²) in [6, 6.07) is 24.3. The van der Waals surface area contributed by atoms with E-state index in [1.165, 1.54) is 4.68 Å². The van der Waals surface area contributed by atoms with Crippen LogP contribution in [-0.4, -0.2) is 21.9 Å². The van der Waals surface area contributed by atoms with Crippen LogP contribution < -0.4 is 15.7 Å². The van der Waals surface area contributed by atoms with E-state index in [9.17, 15) is 9.59 Å². The van der Waals surface area contributed by atoms with Crippen molar-refractivity contribution in [1.29, 1.82) is 0 Å². The molecule has 1 heterocycles. The SMILES string of the molecule is CCCn1nc(C(=O)N/N=C/c2ccc(OCc3ccccc3)cc2)c2ccccc2c1=O. The van der Waals surface area contributed by atoms with Gasteiger partial charge in [0.05, 0.1) is 11.6 Å². The Morgan fingerprint density at radius 2 is 1.70 bits per heavy atom. The lowest BCUT2D eigenvalue weighted by atomic mass is 10.1. The Hall–Kier alpha value is -4.26. The van der Waals surface area contributed by atoms with Gasteiger partial charge in [-0.25, -0.2) is 10.1 Å². The molecule has 7 heteroatoms. The summed E-state index contributed by atoms with van der Waals surface area (Å²) in [5, 5.41) is 9.29. The van der Waals surface area contributed by atoms with Crippen LogP contribution in [0, 0.1) is 0 Å². The number of fused-ring (bicyclic) bond motifs is 1. The molecule has 166 valence electrons. The molecule has 0 spiro atoms. The molecule has 0 bridgehead atoms. The number of rotatable bonds is 8. The van der Waals surface area contributed by atoms with Crippen molar-refractivity contribution >= 4 is 22.9 Å². The summed E-state index contributed by atoms with van der Waals surface area (Å²) in [6.07, 6.45) is 2.28. The van der Waals surface area contributed by atoms with Crippen LogP contribution in [0.4, 0.5) is 0 Å². The molecule has 33 heavy (non-hydrogen) atoms. The molecule has 3 aromatic carbocycles. The molecule has 0 saturated carbocycles. The van der Waals surface area contributed by atoms with Crippen LogP contribution in [0.15, 0.2) is 88.8 Å². The van der Waals surface area contributed by atoms with Crippen molar-refractivity contribution in [3.8, 4) is 5.75 Å². The van der Waals surface area contributed by atoms with Gasteiger partial charge < -0.3 is 4.74 Å². The van der Waals surface area contributed by atoms with Crippen molar-refractivity contribution in [3.05, 3.63) is 106 Å². The van der Waals surface area contributed by atoms with Crippen LogP contribution in [0.25, 0.3) is 10.8 Å². The van der Waals surface area contributed by atoms with Crippen molar-refractivity contribution in [2.75, 3.05) is 0 Å². The fourth-order valence-electron chi connectivity index (χ4n) is 3.38. The summed E-state index contributed by atoms with van der Waals surface area (Å²) in [7, 11) is 0. The Bertz CT molecular complexity index is 1330. The van der Waals surface area contributed by atoms with Crippen LogP contribution in [0.2, 0.25) is 0 Å². The zero-order valence-electron chi connectivity index (χ0n) is 18.3. The Morgan fingerprint density at radius 1 is 1.00 bits per heavy atom. The second-order valence-electron chi connectivity index (χ2n) is 7.46. The topological polar surface area (TPSA) is 85.6 Å². The minimum atomic E-state index is -0.477. The molecule has 0 aliphatic rings. The van der Waals surface area contributed by atoms with E-state index in [2.05, 4.69) is 15.6 Å². The summed E-state index contributed by atoms with van der Waals surface area (Å²) in [5.41, 5.74) is 4.37. The molecule has 0 fully saturated rings. The number of nitrogens with one attached hydrogen (secondary N) is 1. The number of hydrazone groups is 1. The zero-order valence-corrected chi connectivity index (χ0v) is 18.3. The predicted octanol–water partition coefficient (Wildman–Crippen LogP) is 4.15. The van der Waals surface area contributed by atoms with Gasteiger partial charge in [-0.1, -0.05) is 55.5 Å². The third kappa shape index (κ3) is 5.33. The number of amides is 1. The highest BCUT2D eigenvalue weighted by Crippen LogP contribution is 2.15. The number of aryl methyl sites for hydroxylation is 1. The summed E-state index contributed by atoms with van der Waals surface area (Å²) < 4.78 is 7.11. The normalized spacial score (nSPS) is 11.1. The quantitative estimate of drug-likeness (QED) is 0.329. The highest BCUT2D eigenvalue weighted by Gasteiger charge is 2.16. The molecule has 1 amide bonds. The first-order valence-electron chi connectivity index (χ1n) is 10.8. The fourth-order valence-corrected chi connectivity index (χ4v) is 3.38. The minimum absolute atomic E-state index is 0.167. The van der Waals surface area contributed by atoms with Crippen molar-refractivity contribution in [2.45, 2.75) is 26.5 Å². The number of nitrogens with zero attached hydrogens (tertiary/aromatic N) is 3. The maximum absolute atomic E-state index is 12.8. The molecule has 1 aromatic heterocycles. The van der Waals surface area contributed by atoms with Gasteiger partial charge in [-0.05, 0) is 47.9 Å². The molecule has 0 aliphatic heterocycles. The summed E-state index contributed by atoms with van der Waals surface area (Å²) in [5.74, 6) is 0.268. The number of aromatic nitrogens is 2. The molecule has 0 aliphatic carbocycles. The van der Waals surface area contributed by atoms with Gasteiger partial charge in [-0.3, -0.25) is 9.59 Å². The van der Waals surface area contributed by atoms with E-state index in [-0.39, 0.29) is 11.3 Å². The number of hydrogen-bond donors (Lipinski definition) is 1. The maximum atomic E-state index is 12.8. The molecule has 0 unspecified atom stereocenters. The number of carbonyl (C=O) groups is 1. The van der Waals surface area contributed by atoms with Gasteiger partial charge in [0.2, 0.25) is 0 Å². The highest BCUT2D eigenvalue weighted by molar-refractivity contribution is 6.04. The van der Waals surface area contributed by atoms with Crippen molar-refractivity contribution in [2.24, 2.45) is 5.10 Å². The Morgan fingerprint density at radius 3 is 2.42 bits per heavy atom. The first-order valence-corrected chi connectivity index (χ1v) is 10.8. The molecule has 0 atom stereocenters. The molecule has 0 saturated heterocycles. The van der Waals surface area contributed by atoms with Crippen LogP contribution in [0.5, 0.6) is 5.75 Å². The third-order valence-corrected chi connectivity index (χ3v) is 5.03. The van der Waals surface area contributed by atoms with E-state index in [4.69, 9.17) is 4.74 Å². The van der Waals surface area contributed by atoms with Crippen molar-refractivity contribution in [3.63, 3.8) is 0 Å². The van der Waals surface area contributed by atoms with E-state index >= 15 is 0 Å². The van der Waals surface area contributed by atoms with Crippen molar-refractivity contribution < 1.29 is 9.53 Å². The van der Waals surface area contributed by atoms with Gasteiger partial charge in [0.1, 0.15) is 12.4 Å². The summed E-state index contributed by atoms with van der Waals surface area (Å²) >= 11 is 0. The average Bonchev–Trinajstić information content (AvgIpc) is 2.86. The molecule has 7 nitrogen and oxygen atoms in total. The smallest absolute Gasteiger partial charge is 0.292 e. The second kappa shape index (κ2) is 10.4. The number of carbonyl (C=O) groups excluding carboxylic acids is 1. The van der Waals surface area contributed by atoms with Crippen LogP contribution in [-0.2, 0) is 13.2 Å². The van der Waals surface area contributed by atoms with Gasteiger partial charge in [-0.15, -0.1) is 0 Å². The number of ether oxygens (including phenoxy) is 1. The average molecular weight is 441 g/mol. The van der Waals surface area contributed by atoms with Gasteiger partial charge in [0, 0.05) is 11.9 Å². The first kappa shape index (κ1) is 22.0. The lowest BCUT2D eigenvalue weighted by Crippen LogP contribution is -2.29. The number of benzene rings is 3. The maximum Gasteiger partial charge on any atom is 0.292 e. The van der Waals surface area contributed by atoms with Crippen LogP contribution >= 0.6 is 0 Å². The van der Waals surface area contributed by atoms with E-state index in [0.29, 0.717) is 23.9 Å². The van der Waals surface area contributed by atoms with Crippen molar-refractivity contribution in [1.82, 2.24) is 15.2 Å². The lowest BCUT2D eigenvalue weighted by Gasteiger charge is -2.09. The second-order valence-corrected chi connectivity index (χ2v) is 7.46. The molecular weight excluding hydrogens is 416 g/mol. The standard InChI is InChI=1S/C26H24N4O3/c1-2-16-30-26(32)23-11-7-6-10-22(23)24(29-30)25(31)28-27-17-19-12-14-21(15-13-19)33-18-20-8-4-3-5-9-20/h3-15,17H,2,16,18H2,1H3,(H,28,31)/b27-17+. The van der Waals surface area contributed by atoms with Crippen LogP contribution in [0.1, 0.15) is 35.0 Å². The van der Waals surface area contributed by atoms with Gasteiger partial charge >= 0.3 is 0 Å². The van der Waals surface area contributed by atoms with E-state index in [1.54, 1.807) is 30.5 Å². The zero-order chi connectivity index (χ0) is 23.0. The Kier molecular flexibility index (Phi) is 6.90. The summed E-state index contributed by atoms with van der Waals surface area (Å²) in [4.78, 5) is 25.3. The predicted molar refractivity (Wildman–Crippen MR) is 129 cm³/mol. The lowest BCUT2D eigenvalue weighted by molar-refractivity contribution is 0.0949. The van der Waals surface area contributed by atoms with E-state index in [0.717, 1.165) is 23.3 Å². The first-order chi connectivity index (χ1) is 16.2. The minimum Gasteiger partial charge on any atom is -0.489 e. The molecule has 1 N–H and O–H groups in total. The Labute approximate surface area is 191 Å². The third-order valence-electron chi connectivity index (χ3n) is 5.03. The molecule has 4 aromatic rings. The molecule has 0 radical (unpaired) electrons. The summed E-state index contributed by atoms with van der Waals surface area (Å²) in [6.45, 7) is 2.88. The monoisotopic (exact) mass is 440 g/mol. The van der Waals surface area contributed by atoms with Gasteiger partial charge in [0.25, 0.3) is 11.5 Å². The molecule has 4 rings (SSSR count). The largest absolute Gasteiger partial charge is 0.489 e. The number of hydrogen-bond acceptors (Lipinski definition) is 5. The Balaban J connectivity index is 1.43. The van der Waals surface area contributed by atoms with Crippen LogP contribution in [0.3, 0.4) is 0 Å². The van der Waals surface area contributed by atoms with E-state index < -0.39 is 5.91 Å². The molecular formula is C26H24N4O3. The highest BCUT2D eigenvalue weighted by atomic mass is 16.5. The van der Waals surface area contributed by atoms with Gasteiger partial charge in [-0.2, -0.15) is 10.2 Å². The van der Waals surface area contributed by atoms with E-state index in [1.807, 2.05) is 61.5 Å². The fraction of sp³-hybridized carbons (Fsp3) is 0.154.